The Morgan fingerprint density at radius 1 is 1.08 bits per heavy atom. The normalized spacial score (nSPS) is 10.5. The molecule has 0 spiro atoms. The second kappa shape index (κ2) is 7.53. The minimum atomic E-state index is -0.318. The quantitative estimate of drug-likeness (QED) is 0.715. The molecule has 1 amide bonds. The lowest BCUT2D eigenvalue weighted by atomic mass is 10.1. The molecule has 0 radical (unpaired) electrons. The van der Waals surface area contributed by atoms with Gasteiger partial charge in [0.25, 0.3) is 5.91 Å². The van der Waals surface area contributed by atoms with Crippen LogP contribution in [0.3, 0.4) is 0 Å². The number of rotatable bonds is 5. The van der Waals surface area contributed by atoms with E-state index in [2.05, 4.69) is 10.3 Å². The zero-order valence-corrected chi connectivity index (χ0v) is 15.3. The van der Waals surface area contributed by atoms with E-state index in [9.17, 15) is 9.18 Å². The van der Waals surface area contributed by atoms with Gasteiger partial charge in [0.15, 0.2) is 5.13 Å². The maximum atomic E-state index is 13.1. The molecule has 1 N–H and O–H groups in total. The van der Waals surface area contributed by atoms with Crippen LogP contribution in [0.15, 0.2) is 42.5 Å². The van der Waals surface area contributed by atoms with Crippen molar-refractivity contribution in [2.45, 2.75) is 6.92 Å². The van der Waals surface area contributed by atoms with E-state index in [1.165, 1.54) is 37.7 Å². The highest BCUT2D eigenvalue weighted by atomic mass is 32.1. The molecule has 1 aromatic heterocycles. The van der Waals surface area contributed by atoms with Crippen LogP contribution in [0, 0.1) is 12.7 Å². The van der Waals surface area contributed by atoms with E-state index in [4.69, 9.17) is 9.47 Å². The van der Waals surface area contributed by atoms with E-state index >= 15 is 0 Å². The fraction of sp³-hybridized carbons (Fsp3) is 0.158. The molecule has 0 fully saturated rings. The standard InChI is InChI=1S/C19H17FN2O3S/c1-11-17(12-4-6-14(20)7-5-12)21-19(26-11)22-18(23)13-8-15(24-2)10-16(9-13)25-3/h4-10H,1-3H3,(H,21,22,23). The molecule has 2 aromatic carbocycles. The van der Waals surface area contributed by atoms with Gasteiger partial charge in [0.05, 0.1) is 19.9 Å². The summed E-state index contributed by atoms with van der Waals surface area (Å²) in [6, 6.07) is 11.0. The van der Waals surface area contributed by atoms with Crippen molar-refractivity contribution in [3.8, 4) is 22.8 Å². The van der Waals surface area contributed by atoms with E-state index in [0.29, 0.717) is 27.9 Å². The number of nitrogens with one attached hydrogen (secondary N) is 1. The number of amides is 1. The molecule has 0 aliphatic carbocycles. The van der Waals surface area contributed by atoms with Gasteiger partial charge in [-0.25, -0.2) is 9.37 Å². The van der Waals surface area contributed by atoms with Crippen LogP contribution in [0.25, 0.3) is 11.3 Å². The van der Waals surface area contributed by atoms with E-state index in [1.54, 1.807) is 30.3 Å². The maximum absolute atomic E-state index is 13.1. The Labute approximate surface area is 154 Å². The Balaban J connectivity index is 1.84. The van der Waals surface area contributed by atoms with Gasteiger partial charge in [-0.15, -0.1) is 11.3 Å². The fourth-order valence-corrected chi connectivity index (χ4v) is 3.26. The summed E-state index contributed by atoms with van der Waals surface area (Å²) in [6.45, 7) is 1.90. The van der Waals surface area contributed by atoms with Crippen LogP contribution in [-0.4, -0.2) is 25.1 Å². The van der Waals surface area contributed by atoms with Crippen molar-refractivity contribution in [3.63, 3.8) is 0 Å². The predicted molar refractivity (Wildman–Crippen MR) is 99.7 cm³/mol. The van der Waals surface area contributed by atoms with Crippen LogP contribution in [0.5, 0.6) is 11.5 Å². The monoisotopic (exact) mass is 372 g/mol. The molecule has 26 heavy (non-hydrogen) atoms. The zero-order valence-electron chi connectivity index (χ0n) is 14.5. The molecule has 0 saturated carbocycles. The number of nitrogens with zero attached hydrogens (tertiary/aromatic N) is 1. The first-order valence-electron chi connectivity index (χ1n) is 7.78. The molecule has 0 atom stereocenters. The van der Waals surface area contributed by atoms with E-state index in [1.807, 2.05) is 6.92 Å². The highest BCUT2D eigenvalue weighted by Gasteiger charge is 2.15. The summed E-state index contributed by atoms with van der Waals surface area (Å²) in [5.74, 6) is 0.428. The number of methoxy groups -OCH3 is 2. The summed E-state index contributed by atoms with van der Waals surface area (Å²) >= 11 is 1.36. The van der Waals surface area contributed by atoms with Crippen molar-refractivity contribution in [2.75, 3.05) is 19.5 Å². The number of benzene rings is 2. The first-order valence-corrected chi connectivity index (χ1v) is 8.59. The summed E-state index contributed by atoms with van der Waals surface area (Å²) in [6.07, 6.45) is 0. The first-order chi connectivity index (χ1) is 12.5. The lowest BCUT2D eigenvalue weighted by molar-refractivity contribution is 0.102. The molecule has 0 saturated heterocycles. The SMILES string of the molecule is COc1cc(OC)cc(C(=O)Nc2nc(-c3ccc(F)cc3)c(C)s2)c1. The zero-order chi connectivity index (χ0) is 18.7. The molecular weight excluding hydrogens is 355 g/mol. The van der Waals surface area contributed by atoms with Gasteiger partial charge in [-0.3, -0.25) is 10.1 Å². The number of aryl methyl sites for hydroxylation is 1. The van der Waals surface area contributed by atoms with E-state index < -0.39 is 0 Å². The summed E-state index contributed by atoms with van der Waals surface area (Å²) < 4.78 is 23.5. The minimum absolute atomic E-state index is 0.304. The number of carbonyl (C=O) groups is 1. The minimum Gasteiger partial charge on any atom is -0.497 e. The molecule has 0 aliphatic heterocycles. The Hall–Kier alpha value is -2.93. The van der Waals surface area contributed by atoms with Crippen LogP contribution in [0.4, 0.5) is 9.52 Å². The number of aromatic nitrogens is 1. The third kappa shape index (κ3) is 3.83. The summed E-state index contributed by atoms with van der Waals surface area (Å²) in [4.78, 5) is 17.9. The lowest BCUT2D eigenvalue weighted by Crippen LogP contribution is -2.12. The van der Waals surface area contributed by atoms with Gasteiger partial charge in [-0.05, 0) is 43.3 Å². The molecule has 0 bridgehead atoms. The summed E-state index contributed by atoms with van der Waals surface area (Å²) in [5.41, 5.74) is 1.91. The van der Waals surface area contributed by atoms with Crippen LogP contribution in [0.2, 0.25) is 0 Å². The fourth-order valence-electron chi connectivity index (χ4n) is 2.43. The van der Waals surface area contributed by atoms with Crippen LogP contribution in [-0.2, 0) is 0 Å². The number of thiazole rings is 1. The van der Waals surface area contributed by atoms with E-state index in [0.717, 1.165) is 10.4 Å². The Kier molecular flexibility index (Phi) is 5.18. The van der Waals surface area contributed by atoms with Crippen LogP contribution in [0.1, 0.15) is 15.2 Å². The van der Waals surface area contributed by atoms with Gasteiger partial charge in [0.1, 0.15) is 17.3 Å². The number of anilines is 1. The number of hydrogen-bond acceptors (Lipinski definition) is 5. The Morgan fingerprint density at radius 3 is 2.27 bits per heavy atom. The molecule has 1 heterocycles. The third-order valence-corrected chi connectivity index (χ3v) is 4.63. The number of carbonyl (C=O) groups excluding carboxylic acids is 1. The largest absolute Gasteiger partial charge is 0.497 e. The van der Waals surface area contributed by atoms with Crippen LogP contribution < -0.4 is 14.8 Å². The highest BCUT2D eigenvalue weighted by molar-refractivity contribution is 7.16. The molecule has 7 heteroatoms. The van der Waals surface area contributed by atoms with Gasteiger partial charge >= 0.3 is 0 Å². The van der Waals surface area contributed by atoms with Gasteiger partial charge in [-0.2, -0.15) is 0 Å². The summed E-state index contributed by atoms with van der Waals surface area (Å²) in [7, 11) is 3.05. The van der Waals surface area contributed by atoms with Crippen molar-refractivity contribution in [2.24, 2.45) is 0 Å². The number of halogens is 1. The lowest BCUT2D eigenvalue weighted by Gasteiger charge is -2.08. The average molecular weight is 372 g/mol. The number of ether oxygens (including phenoxy) is 2. The maximum Gasteiger partial charge on any atom is 0.257 e. The third-order valence-electron chi connectivity index (χ3n) is 3.75. The van der Waals surface area contributed by atoms with Gasteiger partial charge in [0.2, 0.25) is 0 Å². The molecule has 0 aliphatic rings. The summed E-state index contributed by atoms with van der Waals surface area (Å²) in [5, 5.41) is 3.25. The second-order valence-corrected chi connectivity index (χ2v) is 6.69. The molecular formula is C19H17FN2O3S. The molecule has 3 rings (SSSR count). The van der Waals surface area contributed by atoms with E-state index in [-0.39, 0.29) is 11.7 Å². The molecule has 0 unspecified atom stereocenters. The van der Waals surface area contributed by atoms with Crippen molar-refractivity contribution in [1.82, 2.24) is 4.98 Å². The second-order valence-electron chi connectivity index (χ2n) is 5.49. The molecule has 5 nitrogen and oxygen atoms in total. The van der Waals surface area contributed by atoms with Gasteiger partial charge in [0, 0.05) is 22.1 Å². The van der Waals surface area contributed by atoms with Gasteiger partial charge in [-0.1, -0.05) is 0 Å². The van der Waals surface area contributed by atoms with Crippen molar-refractivity contribution in [3.05, 3.63) is 58.7 Å². The predicted octanol–water partition coefficient (Wildman–Crippen LogP) is 4.53. The van der Waals surface area contributed by atoms with Gasteiger partial charge < -0.3 is 9.47 Å². The highest BCUT2D eigenvalue weighted by Crippen LogP contribution is 2.31. The Bertz CT molecular complexity index is 916. The van der Waals surface area contributed by atoms with Crippen LogP contribution >= 0.6 is 11.3 Å². The molecule has 3 aromatic rings. The van der Waals surface area contributed by atoms with Crippen molar-refractivity contribution >= 4 is 22.4 Å². The van der Waals surface area contributed by atoms with Crippen molar-refractivity contribution < 1.29 is 18.7 Å². The Morgan fingerprint density at radius 2 is 1.69 bits per heavy atom. The topological polar surface area (TPSA) is 60.5 Å². The first kappa shape index (κ1) is 17.9. The average Bonchev–Trinajstić information content (AvgIpc) is 3.01. The smallest absolute Gasteiger partial charge is 0.257 e. The molecule has 134 valence electrons. The number of hydrogen-bond donors (Lipinski definition) is 1. The van der Waals surface area contributed by atoms with Crippen molar-refractivity contribution in [1.29, 1.82) is 0 Å².